The first-order valence-corrected chi connectivity index (χ1v) is 13.0. The van der Waals surface area contributed by atoms with Gasteiger partial charge in [-0.1, -0.05) is 29.4 Å². The maximum absolute atomic E-state index is 13.8. The van der Waals surface area contributed by atoms with E-state index in [1.54, 1.807) is 42.2 Å². The number of fused-ring (bicyclic) bond motifs is 2. The van der Waals surface area contributed by atoms with E-state index in [2.05, 4.69) is 19.8 Å². The van der Waals surface area contributed by atoms with Gasteiger partial charge in [-0.25, -0.2) is 19.0 Å². The van der Waals surface area contributed by atoms with Gasteiger partial charge in [0.2, 0.25) is 0 Å². The number of rotatable bonds is 7. The number of hydrogen-bond acceptors (Lipinski definition) is 5. The van der Waals surface area contributed by atoms with Gasteiger partial charge < -0.3 is 10.5 Å². The number of nitrogens with zero attached hydrogens (tertiary/aromatic N) is 5. The molecule has 2 heterocycles. The molecule has 0 aromatic heterocycles. The summed E-state index contributed by atoms with van der Waals surface area (Å²) in [6.07, 6.45) is -8.30. The quantitative estimate of drug-likeness (QED) is 0.147. The fourth-order valence-electron chi connectivity index (χ4n) is 4.01. The molecule has 3 aromatic rings. The molecule has 5 rings (SSSR count). The van der Waals surface area contributed by atoms with Gasteiger partial charge in [0.1, 0.15) is 35.3 Å². The summed E-state index contributed by atoms with van der Waals surface area (Å²) < 4.78 is 82.3. The fourth-order valence-corrected chi connectivity index (χ4v) is 4.96. The highest BCUT2D eigenvalue weighted by atomic mass is 32.2. The first-order chi connectivity index (χ1) is 19.4. The number of hydrogen-bond donors (Lipinski definition) is 1. The molecule has 14 heteroatoms. The Morgan fingerprint density at radius 3 is 2.39 bits per heavy atom. The maximum atomic E-state index is 13.8. The third-order valence-electron chi connectivity index (χ3n) is 6.20. The predicted molar refractivity (Wildman–Crippen MR) is 145 cm³/mol. The lowest BCUT2D eigenvalue weighted by molar-refractivity contribution is -0.434. The zero-order chi connectivity index (χ0) is 29.4. The highest BCUT2D eigenvalue weighted by molar-refractivity contribution is 8.14. The van der Waals surface area contributed by atoms with Gasteiger partial charge in [0.25, 0.3) is 0 Å². The molecule has 0 spiro atoms. The number of amidine groups is 2. The van der Waals surface area contributed by atoms with E-state index in [9.17, 15) is 26.3 Å². The van der Waals surface area contributed by atoms with E-state index in [0.717, 1.165) is 46.3 Å². The topological polar surface area (TPSA) is 78.6 Å². The van der Waals surface area contributed by atoms with E-state index in [0.29, 0.717) is 5.56 Å². The van der Waals surface area contributed by atoms with Crippen LogP contribution in [0.25, 0.3) is 0 Å². The molecule has 0 fully saturated rings. The molecular formula is C27H21F6N6OS+. The molecule has 7 nitrogen and oxygen atoms in total. The van der Waals surface area contributed by atoms with E-state index in [1.165, 1.54) is 18.2 Å². The maximum Gasteiger partial charge on any atom is 0.499 e. The summed E-state index contributed by atoms with van der Waals surface area (Å²) in [6.45, 7) is 2.01. The Hall–Kier alpha value is -4.33. The van der Waals surface area contributed by atoms with Crippen LogP contribution in [0, 0.1) is 5.82 Å². The summed E-state index contributed by atoms with van der Waals surface area (Å²) >= 11 is 1.63. The largest absolute Gasteiger partial charge is 0.499 e. The van der Waals surface area contributed by atoms with Crippen molar-refractivity contribution in [1.29, 1.82) is 0 Å². The second-order valence-electron chi connectivity index (χ2n) is 8.94. The minimum absolute atomic E-state index is 0.0770. The second kappa shape index (κ2) is 10.9. The van der Waals surface area contributed by atoms with Crippen molar-refractivity contribution < 1.29 is 35.7 Å². The standard InChI is InChI=1S/C27H21F6N6OS/c1-16-22-11-6-19(28)12-23(22)38-15-41-25(38)39(16)37-13-17-2-4-18(5-3-17)24(34)36-14-35-20-7-9-21(10-8-20)40-27(32,33)26(29,30)31/h2-14,16H,15H2,1H3,(H2,34,35,36)/q+1/b37-13+. The molecule has 1 atom stereocenters. The van der Waals surface area contributed by atoms with Crippen LogP contribution in [0.3, 0.4) is 0 Å². The van der Waals surface area contributed by atoms with Crippen LogP contribution < -0.4 is 10.5 Å². The lowest BCUT2D eigenvalue weighted by atomic mass is 10.0. The van der Waals surface area contributed by atoms with E-state index in [1.807, 2.05) is 28.6 Å². The van der Waals surface area contributed by atoms with Crippen molar-refractivity contribution in [2.24, 2.45) is 20.8 Å². The van der Waals surface area contributed by atoms with Crippen molar-refractivity contribution in [2.75, 3.05) is 5.88 Å². The summed E-state index contributed by atoms with van der Waals surface area (Å²) in [6, 6.07) is 16.0. The molecular weight excluding hydrogens is 570 g/mol. The van der Waals surface area contributed by atoms with E-state index < -0.39 is 18.0 Å². The van der Waals surface area contributed by atoms with E-state index in [4.69, 9.17) is 5.73 Å². The van der Waals surface area contributed by atoms with Crippen LogP contribution in [0.5, 0.6) is 5.75 Å². The number of benzene rings is 3. The number of halogens is 6. The Morgan fingerprint density at radius 1 is 1.05 bits per heavy atom. The zero-order valence-electron chi connectivity index (χ0n) is 21.2. The van der Waals surface area contributed by atoms with Crippen LogP contribution in [0.4, 0.5) is 37.7 Å². The average Bonchev–Trinajstić information content (AvgIpc) is 2.90. The number of thioether (sulfide) groups is 1. The van der Waals surface area contributed by atoms with Crippen molar-refractivity contribution >= 4 is 46.7 Å². The molecule has 2 aliphatic rings. The van der Waals surface area contributed by atoms with Gasteiger partial charge in [0.05, 0.1) is 11.9 Å². The van der Waals surface area contributed by atoms with Crippen LogP contribution in [0.1, 0.15) is 29.7 Å². The molecule has 2 aliphatic heterocycles. The molecule has 3 aromatic carbocycles. The van der Waals surface area contributed by atoms with E-state index >= 15 is 0 Å². The predicted octanol–water partition coefficient (Wildman–Crippen LogP) is 6.54. The minimum Gasteiger partial charge on any atom is -0.426 e. The van der Waals surface area contributed by atoms with Crippen LogP contribution in [-0.4, -0.2) is 51.3 Å². The first kappa shape index (κ1) is 28.2. The summed E-state index contributed by atoms with van der Waals surface area (Å²) in [5.74, 6) is -0.0789. The van der Waals surface area contributed by atoms with Crippen LogP contribution in [0.15, 0.2) is 81.8 Å². The second-order valence-corrected chi connectivity index (χ2v) is 9.86. The third-order valence-corrected chi connectivity index (χ3v) is 7.26. The average molecular weight is 592 g/mol. The van der Waals surface area contributed by atoms with Crippen molar-refractivity contribution in [3.8, 4) is 5.75 Å². The highest BCUT2D eigenvalue weighted by Gasteiger charge is 2.61. The van der Waals surface area contributed by atoms with Crippen LogP contribution in [0.2, 0.25) is 0 Å². The molecule has 0 aliphatic carbocycles. The van der Waals surface area contributed by atoms with Gasteiger partial charge in [-0.05, 0) is 48.9 Å². The Kier molecular flexibility index (Phi) is 7.51. The van der Waals surface area contributed by atoms with Crippen molar-refractivity contribution in [3.05, 3.63) is 89.2 Å². The Balaban J connectivity index is 1.21. The van der Waals surface area contributed by atoms with Crippen molar-refractivity contribution in [3.63, 3.8) is 0 Å². The Labute approximate surface area is 234 Å². The number of aliphatic imine (C=N–C) groups is 2. The first-order valence-electron chi connectivity index (χ1n) is 12.0. The molecule has 212 valence electrons. The fraction of sp³-hybridized carbons (Fsp3) is 0.185. The summed E-state index contributed by atoms with van der Waals surface area (Å²) in [4.78, 5) is 8.03. The van der Waals surface area contributed by atoms with Gasteiger partial charge in [-0.3, -0.25) is 0 Å². The lowest BCUT2D eigenvalue weighted by Gasteiger charge is -2.32. The number of hydrazone groups is 1. The molecule has 1 unspecified atom stereocenters. The summed E-state index contributed by atoms with van der Waals surface area (Å²) in [5, 5.41) is 7.49. The normalized spacial score (nSPS) is 17.6. The lowest BCUT2D eigenvalue weighted by Crippen LogP contribution is -2.43. The molecule has 0 amide bonds. The molecule has 0 saturated carbocycles. The third kappa shape index (κ3) is 5.92. The SMILES string of the molecule is CC1c2ccc(F)cc2[N+]2=C(SC2)N1/N=C/c1ccc(C(N)=NC=Nc2ccc(OC(F)(F)C(F)(F)F)cc2)cc1. The Bertz CT molecular complexity index is 1570. The molecule has 2 N–H and O–H groups in total. The van der Waals surface area contributed by atoms with Gasteiger partial charge in [-0.2, -0.15) is 22.0 Å². The van der Waals surface area contributed by atoms with Crippen molar-refractivity contribution in [1.82, 2.24) is 5.01 Å². The molecule has 0 radical (unpaired) electrons. The molecule has 41 heavy (non-hydrogen) atoms. The minimum atomic E-state index is -5.83. The van der Waals surface area contributed by atoms with Crippen molar-refractivity contribution in [2.45, 2.75) is 25.3 Å². The molecule has 0 saturated heterocycles. The summed E-state index contributed by atoms with van der Waals surface area (Å²) in [5.41, 5.74) is 9.50. The van der Waals surface area contributed by atoms with Gasteiger partial charge in [-0.15, -0.1) is 5.01 Å². The van der Waals surface area contributed by atoms with Gasteiger partial charge >= 0.3 is 17.5 Å². The molecule has 0 bridgehead atoms. The van der Waals surface area contributed by atoms with Gasteiger partial charge in [0, 0.05) is 29.0 Å². The van der Waals surface area contributed by atoms with E-state index in [-0.39, 0.29) is 23.4 Å². The van der Waals surface area contributed by atoms with Crippen LogP contribution >= 0.6 is 11.8 Å². The van der Waals surface area contributed by atoms with Crippen LogP contribution in [-0.2, 0) is 0 Å². The number of alkyl halides is 5. The highest BCUT2D eigenvalue weighted by Crippen LogP contribution is 2.42. The summed E-state index contributed by atoms with van der Waals surface area (Å²) in [7, 11) is 0. The van der Waals surface area contributed by atoms with Gasteiger partial charge in [0.15, 0.2) is 6.04 Å². The smallest absolute Gasteiger partial charge is 0.426 e. The number of ether oxygens (including phenoxy) is 1. The Morgan fingerprint density at radius 2 is 1.76 bits per heavy atom. The monoisotopic (exact) mass is 591 g/mol. The number of nitrogens with two attached hydrogens (primary N) is 1. The zero-order valence-corrected chi connectivity index (χ0v) is 22.0.